The zero-order valence-corrected chi connectivity index (χ0v) is 27.7. The van der Waals surface area contributed by atoms with Crippen LogP contribution in [-0.4, -0.2) is 39.7 Å². The van der Waals surface area contributed by atoms with E-state index in [9.17, 15) is 14.3 Å². The van der Waals surface area contributed by atoms with Gasteiger partial charge in [-0.3, -0.25) is 9.88 Å². The number of carboxylic acid groups (broad SMARTS) is 1. The van der Waals surface area contributed by atoms with Crippen LogP contribution in [0, 0.1) is 26.6 Å². The molecule has 6 rings (SSSR count). The lowest BCUT2D eigenvalue weighted by Crippen LogP contribution is -2.30. The molecule has 1 aromatic heterocycles. The van der Waals surface area contributed by atoms with Gasteiger partial charge in [-0.15, -0.1) is 0 Å². The van der Waals surface area contributed by atoms with Gasteiger partial charge in [-0.25, -0.2) is 9.18 Å². The van der Waals surface area contributed by atoms with Crippen LogP contribution < -0.4 is 4.74 Å². The van der Waals surface area contributed by atoms with Gasteiger partial charge in [0.1, 0.15) is 11.6 Å². The molecule has 0 saturated carbocycles. The number of ether oxygens (including phenoxy) is 2. The van der Waals surface area contributed by atoms with E-state index < -0.39 is 17.7 Å². The molecule has 4 aromatic rings. The first kappa shape index (κ1) is 31.9. The van der Waals surface area contributed by atoms with E-state index >= 15 is 0 Å². The van der Waals surface area contributed by atoms with E-state index in [4.69, 9.17) is 14.5 Å². The first-order valence-electron chi connectivity index (χ1n) is 16.2. The zero-order valence-electron chi connectivity index (χ0n) is 27.7. The average Bonchev–Trinajstić information content (AvgIpc) is 3.00. The van der Waals surface area contributed by atoms with Gasteiger partial charge >= 0.3 is 5.97 Å². The summed E-state index contributed by atoms with van der Waals surface area (Å²) < 4.78 is 26.8. The Labute approximate surface area is 271 Å². The van der Waals surface area contributed by atoms with Crippen LogP contribution in [0.1, 0.15) is 78.1 Å². The van der Waals surface area contributed by atoms with Crippen molar-refractivity contribution in [2.45, 2.75) is 85.6 Å². The van der Waals surface area contributed by atoms with Crippen LogP contribution >= 0.6 is 0 Å². The third-order valence-electron chi connectivity index (χ3n) is 9.08. The van der Waals surface area contributed by atoms with Gasteiger partial charge < -0.3 is 14.6 Å². The molecule has 0 fully saturated rings. The topological polar surface area (TPSA) is 71.9 Å². The Balaban J connectivity index is 1.47. The summed E-state index contributed by atoms with van der Waals surface area (Å²) in [7, 11) is 0. The number of nitrogens with zero attached hydrogens (tertiary/aromatic N) is 2. The van der Waals surface area contributed by atoms with Crippen molar-refractivity contribution in [1.29, 1.82) is 0 Å². The number of pyridine rings is 1. The molecule has 3 aromatic carbocycles. The summed E-state index contributed by atoms with van der Waals surface area (Å²) >= 11 is 0. The number of carboxylic acids is 1. The molecular weight excluding hydrogens is 579 g/mol. The number of aromatic nitrogens is 1. The Hall–Kier alpha value is -4.07. The fourth-order valence-electron chi connectivity index (χ4n) is 6.93. The van der Waals surface area contributed by atoms with Gasteiger partial charge in [-0.05, 0) is 118 Å². The fourth-order valence-corrected chi connectivity index (χ4v) is 6.93. The lowest BCUT2D eigenvalue weighted by atomic mass is 9.84. The Kier molecular flexibility index (Phi) is 8.75. The van der Waals surface area contributed by atoms with E-state index in [1.165, 1.54) is 17.2 Å². The van der Waals surface area contributed by atoms with E-state index in [1.807, 2.05) is 59.7 Å². The molecule has 0 spiro atoms. The molecule has 0 saturated heterocycles. The summed E-state index contributed by atoms with van der Waals surface area (Å²) in [5, 5.41) is 10.5. The van der Waals surface area contributed by atoms with Gasteiger partial charge in [-0.1, -0.05) is 36.4 Å². The van der Waals surface area contributed by atoms with E-state index in [0.29, 0.717) is 24.4 Å². The predicted octanol–water partition coefficient (Wildman–Crippen LogP) is 8.30. The molecule has 0 bridgehead atoms. The first-order valence-corrected chi connectivity index (χ1v) is 16.2. The SMILES string of the molecule is Cc1cccc(F)c1CN1CCc2cc(-c3c(C)nc(C)c(C(OC(C)(C)C)C(=O)O)c3-c3ccc4c(c3)CCCO4)ccc2C1. The molecule has 1 N–H and O–H groups in total. The van der Waals surface area contributed by atoms with Crippen molar-refractivity contribution >= 4 is 5.97 Å². The summed E-state index contributed by atoms with van der Waals surface area (Å²) in [6, 6.07) is 17.9. The van der Waals surface area contributed by atoms with E-state index in [1.54, 1.807) is 6.07 Å². The van der Waals surface area contributed by atoms with E-state index in [0.717, 1.165) is 82.7 Å². The molecule has 1 atom stereocenters. The summed E-state index contributed by atoms with van der Waals surface area (Å²) in [5.74, 6) is -0.325. The minimum Gasteiger partial charge on any atom is -0.493 e. The van der Waals surface area contributed by atoms with Gasteiger partial charge in [0.15, 0.2) is 6.10 Å². The van der Waals surface area contributed by atoms with Gasteiger partial charge in [-0.2, -0.15) is 0 Å². The minimum absolute atomic E-state index is 0.157. The standard InChI is InChI=1S/C39H43FN2O4/c1-23-9-7-11-32(40)31(23)22-42-17-16-26-19-28(12-13-30(26)21-42)34-24(2)41-25(3)35(37(38(43)44)46-39(4,5)6)36(34)29-14-15-33-27(20-29)10-8-18-45-33/h7,9,11-15,19-20,37H,8,10,16-18,21-22H2,1-6H3,(H,43,44). The third kappa shape index (κ3) is 6.44. The molecule has 6 nitrogen and oxygen atoms in total. The number of aryl methyl sites for hydroxylation is 4. The summed E-state index contributed by atoms with van der Waals surface area (Å²) in [6.45, 7) is 14.3. The highest BCUT2D eigenvalue weighted by Gasteiger charge is 2.34. The Bertz CT molecular complexity index is 1790. The quantitative estimate of drug-likeness (QED) is 0.224. The molecular formula is C39H43FN2O4. The Morgan fingerprint density at radius 3 is 2.46 bits per heavy atom. The lowest BCUT2D eigenvalue weighted by molar-refractivity contribution is -0.160. The number of halogens is 1. The number of benzene rings is 3. The molecule has 2 aliphatic rings. The highest BCUT2D eigenvalue weighted by atomic mass is 19.1. The van der Waals surface area contributed by atoms with Gasteiger partial charge in [0.2, 0.25) is 0 Å². The van der Waals surface area contributed by atoms with Gasteiger partial charge in [0.05, 0.1) is 12.2 Å². The second kappa shape index (κ2) is 12.6. The van der Waals surface area contributed by atoms with E-state index in [2.05, 4.69) is 29.2 Å². The maximum atomic E-state index is 14.6. The van der Waals surface area contributed by atoms with Crippen LogP contribution in [0.4, 0.5) is 4.39 Å². The van der Waals surface area contributed by atoms with Crippen LogP contribution in [0.3, 0.4) is 0 Å². The maximum absolute atomic E-state index is 14.6. The molecule has 0 aliphatic carbocycles. The van der Waals surface area contributed by atoms with Crippen molar-refractivity contribution in [3.05, 3.63) is 105 Å². The average molecular weight is 623 g/mol. The van der Waals surface area contributed by atoms with Crippen LogP contribution in [0.2, 0.25) is 0 Å². The number of aliphatic carboxylic acids is 1. The fraction of sp³-hybridized carbons (Fsp3) is 0.385. The van der Waals surface area contributed by atoms with Crippen molar-refractivity contribution in [2.24, 2.45) is 0 Å². The predicted molar refractivity (Wildman–Crippen MR) is 179 cm³/mol. The van der Waals surface area contributed by atoms with Crippen molar-refractivity contribution < 1.29 is 23.8 Å². The minimum atomic E-state index is -1.21. The molecule has 3 heterocycles. The normalized spacial score (nSPS) is 15.5. The van der Waals surface area contributed by atoms with Gasteiger partial charge in [0.25, 0.3) is 0 Å². The first-order chi connectivity index (χ1) is 21.9. The highest BCUT2D eigenvalue weighted by molar-refractivity contribution is 5.91. The number of hydrogen-bond donors (Lipinski definition) is 1. The number of carbonyl (C=O) groups is 1. The monoisotopic (exact) mass is 622 g/mol. The van der Waals surface area contributed by atoms with Crippen molar-refractivity contribution in [2.75, 3.05) is 13.2 Å². The number of hydrogen-bond acceptors (Lipinski definition) is 5. The second-order valence-corrected chi connectivity index (χ2v) is 13.6. The van der Waals surface area contributed by atoms with Crippen LogP contribution in [-0.2, 0) is 35.5 Å². The summed E-state index contributed by atoms with van der Waals surface area (Å²) in [4.78, 5) is 20.1. The van der Waals surface area contributed by atoms with Crippen molar-refractivity contribution in [3.63, 3.8) is 0 Å². The number of fused-ring (bicyclic) bond motifs is 2. The van der Waals surface area contributed by atoms with Gasteiger partial charge in [0, 0.05) is 47.7 Å². The lowest BCUT2D eigenvalue weighted by Gasteiger charge is -2.31. The molecule has 1 unspecified atom stereocenters. The van der Waals surface area contributed by atoms with Crippen LogP contribution in [0.5, 0.6) is 5.75 Å². The number of rotatable bonds is 7. The maximum Gasteiger partial charge on any atom is 0.337 e. The Morgan fingerprint density at radius 1 is 0.978 bits per heavy atom. The molecule has 46 heavy (non-hydrogen) atoms. The van der Waals surface area contributed by atoms with Crippen molar-refractivity contribution in [1.82, 2.24) is 9.88 Å². The smallest absolute Gasteiger partial charge is 0.337 e. The van der Waals surface area contributed by atoms with Crippen LogP contribution in [0.25, 0.3) is 22.3 Å². The zero-order chi connectivity index (χ0) is 32.7. The van der Waals surface area contributed by atoms with Crippen molar-refractivity contribution in [3.8, 4) is 28.0 Å². The molecule has 2 aliphatic heterocycles. The third-order valence-corrected chi connectivity index (χ3v) is 9.08. The highest BCUT2D eigenvalue weighted by Crippen LogP contribution is 2.44. The second-order valence-electron chi connectivity index (χ2n) is 13.6. The van der Waals surface area contributed by atoms with Crippen LogP contribution in [0.15, 0.2) is 54.6 Å². The molecule has 7 heteroatoms. The molecule has 0 radical (unpaired) electrons. The summed E-state index contributed by atoms with van der Waals surface area (Å²) in [5.41, 5.74) is 10.3. The molecule has 0 amide bonds. The largest absolute Gasteiger partial charge is 0.493 e. The molecule has 240 valence electrons. The Morgan fingerprint density at radius 2 is 1.72 bits per heavy atom. The summed E-state index contributed by atoms with van der Waals surface area (Å²) in [6.07, 6.45) is 1.47. The van der Waals surface area contributed by atoms with E-state index in [-0.39, 0.29) is 5.82 Å².